The van der Waals surface area contributed by atoms with Crippen LogP contribution in [0.25, 0.3) is 0 Å². The van der Waals surface area contributed by atoms with Crippen LogP contribution < -0.4 is 0 Å². The Balaban J connectivity index is 2.32. The molecule has 0 N–H and O–H groups in total. The highest BCUT2D eigenvalue weighted by atomic mass is 16.7. The maximum Gasteiger partial charge on any atom is 0.158 e. The van der Waals surface area contributed by atoms with E-state index in [0.29, 0.717) is 13.2 Å². The van der Waals surface area contributed by atoms with Crippen molar-refractivity contribution in [3.05, 3.63) is 48.0 Å². The zero-order valence-electron chi connectivity index (χ0n) is 13.6. The van der Waals surface area contributed by atoms with Gasteiger partial charge in [-0.1, -0.05) is 75.6 Å². The van der Waals surface area contributed by atoms with Gasteiger partial charge in [0.1, 0.15) is 0 Å². The van der Waals surface area contributed by atoms with Gasteiger partial charge in [-0.3, -0.25) is 0 Å². The molecule has 2 nitrogen and oxygen atoms in total. The molecule has 1 atom stereocenters. The molecule has 21 heavy (non-hydrogen) atoms. The fraction of sp³-hybridized carbons (Fsp3) is 0.579. The van der Waals surface area contributed by atoms with Crippen LogP contribution in [0, 0.1) is 0 Å². The molecule has 118 valence electrons. The van der Waals surface area contributed by atoms with Crippen molar-refractivity contribution in [2.45, 2.75) is 65.3 Å². The van der Waals surface area contributed by atoms with Crippen LogP contribution in [-0.4, -0.2) is 12.9 Å². The molecule has 0 heterocycles. The lowest BCUT2D eigenvalue weighted by Gasteiger charge is -2.18. The van der Waals surface area contributed by atoms with Crippen molar-refractivity contribution in [3.8, 4) is 0 Å². The smallest absolute Gasteiger partial charge is 0.158 e. The van der Waals surface area contributed by atoms with Crippen molar-refractivity contribution < 1.29 is 9.47 Å². The van der Waals surface area contributed by atoms with E-state index in [4.69, 9.17) is 9.47 Å². The molecule has 0 bridgehead atoms. The van der Waals surface area contributed by atoms with Crippen molar-refractivity contribution in [1.29, 1.82) is 0 Å². The summed E-state index contributed by atoms with van der Waals surface area (Å²) < 4.78 is 11.8. The summed E-state index contributed by atoms with van der Waals surface area (Å²) in [5, 5.41) is 0. The zero-order valence-corrected chi connectivity index (χ0v) is 13.6. The van der Waals surface area contributed by atoms with E-state index in [-0.39, 0.29) is 6.29 Å². The fourth-order valence-electron chi connectivity index (χ4n) is 2.05. The minimum Gasteiger partial charge on any atom is -0.349 e. The molecule has 1 aromatic rings. The van der Waals surface area contributed by atoms with Crippen LogP contribution in [0.3, 0.4) is 0 Å². The quantitative estimate of drug-likeness (QED) is 0.288. The van der Waals surface area contributed by atoms with E-state index >= 15 is 0 Å². The Labute approximate surface area is 130 Å². The summed E-state index contributed by atoms with van der Waals surface area (Å²) in [6, 6.07) is 10.3. The number of ether oxygens (including phenoxy) is 2. The van der Waals surface area contributed by atoms with E-state index in [0.717, 1.165) is 19.3 Å². The predicted octanol–water partition coefficient (Wildman–Crippen LogP) is 5.48. The summed E-state index contributed by atoms with van der Waals surface area (Å²) in [6.07, 6.45) is 11.1. The highest BCUT2D eigenvalue weighted by molar-refractivity contribution is 5.13. The van der Waals surface area contributed by atoms with Gasteiger partial charge in [-0.05, 0) is 24.8 Å². The topological polar surface area (TPSA) is 18.5 Å². The van der Waals surface area contributed by atoms with E-state index in [2.05, 4.69) is 38.1 Å². The van der Waals surface area contributed by atoms with E-state index < -0.39 is 0 Å². The van der Waals surface area contributed by atoms with Crippen LogP contribution in [0.1, 0.15) is 57.9 Å². The first-order valence-electron chi connectivity index (χ1n) is 8.29. The third-order valence-electron chi connectivity index (χ3n) is 3.32. The highest BCUT2D eigenvalue weighted by Gasteiger charge is 2.08. The molecule has 1 aromatic carbocycles. The summed E-state index contributed by atoms with van der Waals surface area (Å²) >= 11 is 0. The standard InChI is InChI=1S/C19H30O2/c1-3-5-7-12-16-20-19(15-9-6-4-2)21-17-18-13-10-8-11-14-18/h7-8,10-14,19H,3-6,9,15-17H2,1-2H3/b12-7+. The van der Waals surface area contributed by atoms with Crippen LogP contribution in [0.4, 0.5) is 0 Å². The van der Waals surface area contributed by atoms with Crippen molar-refractivity contribution in [2.24, 2.45) is 0 Å². The van der Waals surface area contributed by atoms with Crippen LogP contribution in [-0.2, 0) is 16.1 Å². The first kappa shape index (κ1) is 17.9. The first-order chi connectivity index (χ1) is 10.4. The summed E-state index contributed by atoms with van der Waals surface area (Å²) in [4.78, 5) is 0. The van der Waals surface area contributed by atoms with Gasteiger partial charge in [0.15, 0.2) is 6.29 Å². The third kappa shape index (κ3) is 9.43. The largest absolute Gasteiger partial charge is 0.349 e. The molecule has 1 rings (SSSR count). The van der Waals surface area contributed by atoms with E-state index in [1.807, 2.05) is 18.2 Å². The number of benzene rings is 1. The SMILES string of the molecule is CCC/C=C/COC(CCCCC)OCc1ccccc1. The highest BCUT2D eigenvalue weighted by Crippen LogP contribution is 2.11. The first-order valence-corrected chi connectivity index (χ1v) is 8.29. The molecule has 0 spiro atoms. The van der Waals surface area contributed by atoms with Gasteiger partial charge in [0, 0.05) is 0 Å². The Morgan fingerprint density at radius 2 is 1.76 bits per heavy atom. The molecule has 0 aromatic heterocycles. The number of allylic oxidation sites excluding steroid dienone is 1. The van der Waals surface area contributed by atoms with Gasteiger partial charge in [-0.2, -0.15) is 0 Å². The summed E-state index contributed by atoms with van der Waals surface area (Å²) in [5.41, 5.74) is 1.20. The monoisotopic (exact) mass is 290 g/mol. The second kappa shape index (κ2) is 12.6. The second-order valence-corrected chi connectivity index (χ2v) is 5.32. The van der Waals surface area contributed by atoms with Gasteiger partial charge in [-0.15, -0.1) is 0 Å². The van der Waals surface area contributed by atoms with E-state index in [1.54, 1.807) is 0 Å². The number of rotatable bonds is 12. The van der Waals surface area contributed by atoms with Crippen LogP contribution in [0.5, 0.6) is 0 Å². The molecule has 2 heteroatoms. The van der Waals surface area contributed by atoms with Gasteiger partial charge in [0.25, 0.3) is 0 Å². The summed E-state index contributed by atoms with van der Waals surface area (Å²) in [7, 11) is 0. The maximum absolute atomic E-state index is 5.93. The second-order valence-electron chi connectivity index (χ2n) is 5.32. The lowest BCUT2D eigenvalue weighted by molar-refractivity contribution is -0.146. The van der Waals surface area contributed by atoms with Crippen LogP contribution in [0.2, 0.25) is 0 Å². The average Bonchev–Trinajstić information content (AvgIpc) is 2.53. The van der Waals surface area contributed by atoms with Gasteiger partial charge in [-0.25, -0.2) is 0 Å². The molecule has 0 amide bonds. The molecular weight excluding hydrogens is 260 g/mol. The molecule has 0 aliphatic rings. The minimum absolute atomic E-state index is 0.0944. The lowest BCUT2D eigenvalue weighted by atomic mass is 10.2. The van der Waals surface area contributed by atoms with Crippen molar-refractivity contribution in [2.75, 3.05) is 6.61 Å². The molecule has 0 aliphatic heterocycles. The lowest BCUT2D eigenvalue weighted by Crippen LogP contribution is -2.17. The molecule has 0 aliphatic carbocycles. The Morgan fingerprint density at radius 1 is 0.952 bits per heavy atom. The van der Waals surface area contributed by atoms with E-state index in [9.17, 15) is 0 Å². The Bertz CT molecular complexity index is 359. The average molecular weight is 290 g/mol. The Kier molecular flexibility index (Phi) is 10.8. The van der Waals surface area contributed by atoms with Crippen LogP contribution >= 0.6 is 0 Å². The number of unbranched alkanes of at least 4 members (excludes halogenated alkanes) is 3. The minimum atomic E-state index is -0.0944. The summed E-state index contributed by atoms with van der Waals surface area (Å²) in [5.74, 6) is 0. The maximum atomic E-state index is 5.93. The van der Waals surface area contributed by atoms with Gasteiger partial charge in [0.2, 0.25) is 0 Å². The van der Waals surface area contributed by atoms with Gasteiger partial charge >= 0.3 is 0 Å². The summed E-state index contributed by atoms with van der Waals surface area (Å²) in [6.45, 7) is 5.66. The fourth-order valence-corrected chi connectivity index (χ4v) is 2.05. The van der Waals surface area contributed by atoms with Crippen molar-refractivity contribution in [1.82, 2.24) is 0 Å². The molecule has 1 unspecified atom stereocenters. The molecule has 0 radical (unpaired) electrons. The Hall–Kier alpha value is -1.12. The molecule has 0 saturated heterocycles. The normalized spacial score (nSPS) is 12.9. The van der Waals surface area contributed by atoms with Gasteiger partial charge < -0.3 is 9.47 Å². The van der Waals surface area contributed by atoms with E-state index in [1.165, 1.54) is 24.8 Å². The number of hydrogen-bond acceptors (Lipinski definition) is 2. The Morgan fingerprint density at radius 3 is 2.48 bits per heavy atom. The third-order valence-corrected chi connectivity index (χ3v) is 3.32. The number of hydrogen-bond donors (Lipinski definition) is 0. The van der Waals surface area contributed by atoms with Crippen molar-refractivity contribution in [3.63, 3.8) is 0 Å². The van der Waals surface area contributed by atoms with Gasteiger partial charge in [0.05, 0.1) is 13.2 Å². The zero-order chi connectivity index (χ0) is 15.2. The predicted molar refractivity (Wildman–Crippen MR) is 89.2 cm³/mol. The molecule has 0 saturated carbocycles. The molecule has 0 fully saturated rings. The van der Waals surface area contributed by atoms with Crippen LogP contribution in [0.15, 0.2) is 42.5 Å². The van der Waals surface area contributed by atoms with Crippen molar-refractivity contribution >= 4 is 0 Å². The molecular formula is C19H30O2.